The second-order valence-corrected chi connectivity index (χ2v) is 4.46. The molecule has 0 aliphatic carbocycles. The summed E-state index contributed by atoms with van der Waals surface area (Å²) >= 11 is 1.78. The number of hydrogen-bond donors (Lipinski definition) is 1. The highest BCUT2D eigenvalue weighted by Crippen LogP contribution is 2.07. The Morgan fingerprint density at radius 2 is 2.47 bits per heavy atom. The highest BCUT2D eigenvalue weighted by atomic mass is 32.1. The zero-order valence-corrected chi connectivity index (χ0v) is 10.2. The quantitative estimate of drug-likeness (QED) is 0.720. The molecule has 1 rings (SSSR count). The Morgan fingerprint density at radius 3 is 3.13 bits per heavy atom. The fourth-order valence-corrected chi connectivity index (χ4v) is 1.86. The maximum Gasteiger partial charge on any atom is 0.0675 e. The van der Waals surface area contributed by atoms with Crippen LogP contribution >= 0.6 is 11.3 Å². The molecule has 84 valence electrons. The molecule has 15 heavy (non-hydrogen) atoms. The number of ether oxygens (including phenoxy) is 1. The Hall–Kier alpha value is -0.640. The average molecular weight is 225 g/mol. The van der Waals surface area contributed by atoms with Crippen molar-refractivity contribution >= 4 is 11.3 Å². The molecule has 1 aromatic heterocycles. The summed E-state index contributed by atoms with van der Waals surface area (Å²) in [5, 5.41) is 5.48. The van der Waals surface area contributed by atoms with E-state index in [0.29, 0.717) is 6.61 Å². The number of hydrogen-bond acceptors (Lipinski definition) is 3. The van der Waals surface area contributed by atoms with Crippen LogP contribution in [0.1, 0.15) is 18.7 Å². The van der Waals surface area contributed by atoms with E-state index in [4.69, 9.17) is 4.74 Å². The summed E-state index contributed by atoms with van der Waals surface area (Å²) in [6.45, 7) is 6.64. The van der Waals surface area contributed by atoms with Crippen molar-refractivity contribution < 1.29 is 4.74 Å². The van der Waals surface area contributed by atoms with Gasteiger partial charge in [-0.2, -0.15) is 0 Å². The van der Waals surface area contributed by atoms with Gasteiger partial charge in [0, 0.05) is 18.0 Å². The first-order valence-electron chi connectivity index (χ1n) is 5.28. The molecule has 2 nitrogen and oxygen atoms in total. The first-order chi connectivity index (χ1) is 7.33. The van der Waals surface area contributed by atoms with E-state index in [1.54, 1.807) is 11.3 Å². The lowest BCUT2D eigenvalue weighted by Crippen LogP contribution is -2.26. The van der Waals surface area contributed by atoms with E-state index in [1.807, 2.05) is 19.1 Å². The van der Waals surface area contributed by atoms with Crippen LogP contribution in [0.5, 0.6) is 0 Å². The second kappa shape index (κ2) is 7.63. The highest BCUT2D eigenvalue weighted by molar-refractivity contribution is 7.09. The molecule has 0 saturated carbocycles. The number of nitrogens with one attached hydrogen (secondary N) is 1. The van der Waals surface area contributed by atoms with Gasteiger partial charge < -0.3 is 10.1 Å². The molecule has 0 bridgehead atoms. The van der Waals surface area contributed by atoms with E-state index in [-0.39, 0.29) is 6.10 Å². The molecule has 1 N–H and O–H groups in total. The summed E-state index contributed by atoms with van der Waals surface area (Å²) in [4.78, 5) is 1.37. The van der Waals surface area contributed by atoms with Gasteiger partial charge in [-0.1, -0.05) is 18.2 Å². The predicted octanol–water partition coefficient (Wildman–Crippen LogP) is 2.82. The van der Waals surface area contributed by atoms with E-state index >= 15 is 0 Å². The van der Waals surface area contributed by atoms with Gasteiger partial charge in [0.2, 0.25) is 0 Å². The van der Waals surface area contributed by atoms with Crippen LogP contribution in [0.3, 0.4) is 0 Å². The predicted molar refractivity (Wildman–Crippen MR) is 66.3 cm³/mol. The molecule has 1 unspecified atom stereocenters. The van der Waals surface area contributed by atoms with E-state index in [1.165, 1.54) is 4.88 Å². The zero-order chi connectivity index (χ0) is 10.9. The second-order valence-electron chi connectivity index (χ2n) is 3.42. The van der Waals surface area contributed by atoms with Crippen molar-refractivity contribution in [2.45, 2.75) is 26.5 Å². The summed E-state index contributed by atoms with van der Waals surface area (Å²) in [5.41, 5.74) is 0. The topological polar surface area (TPSA) is 21.3 Å². The monoisotopic (exact) mass is 225 g/mol. The highest BCUT2D eigenvalue weighted by Gasteiger charge is 2.00. The summed E-state index contributed by atoms with van der Waals surface area (Å²) in [7, 11) is 0. The molecule has 1 aromatic rings. The molecule has 0 saturated heterocycles. The molecule has 0 spiro atoms. The van der Waals surface area contributed by atoms with Gasteiger partial charge in [0.1, 0.15) is 0 Å². The van der Waals surface area contributed by atoms with Crippen LogP contribution < -0.4 is 5.32 Å². The van der Waals surface area contributed by atoms with Gasteiger partial charge in [-0.05, 0) is 25.3 Å². The van der Waals surface area contributed by atoms with E-state index in [9.17, 15) is 0 Å². The molecule has 1 heterocycles. The zero-order valence-electron chi connectivity index (χ0n) is 9.40. The van der Waals surface area contributed by atoms with Crippen LogP contribution in [0, 0.1) is 0 Å². The molecule has 0 radical (unpaired) electrons. The first kappa shape index (κ1) is 12.4. The van der Waals surface area contributed by atoms with Crippen molar-refractivity contribution in [2.24, 2.45) is 0 Å². The molecule has 3 heteroatoms. The van der Waals surface area contributed by atoms with Gasteiger partial charge in [-0.3, -0.25) is 0 Å². The molecule has 0 aliphatic heterocycles. The summed E-state index contributed by atoms with van der Waals surface area (Å²) in [5.74, 6) is 0. The van der Waals surface area contributed by atoms with Crippen molar-refractivity contribution in [3.05, 3.63) is 34.5 Å². The number of allylic oxidation sites excluding steroid dienone is 1. The van der Waals surface area contributed by atoms with Gasteiger partial charge in [0.25, 0.3) is 0 Å². The average Bonchev–Trinajstić information content (AvgIpc) is 2.71. The Labute approximate surface area is 96.0 Å². The van der Waals surface area contributed by atoms with E-state index in [2.05, 4.69) is 29.8 Å². The van der Waals surface area contributed by atoms with Crippen molar-refractivity contribution in [1.82, 2.24) is 5.32 Å². The minimum absolute atomic E-state index is 0.265. The van der Waals surface area contributed by atoms with E-state index in [0.717, 1.165) is 13.1 Å². The lowest BCUT2D eigenvalue weighted by Gasteiger charge is -2.12. The smallest absolute Gasteiger partial charge is 0.0675 e. The third kappa shape index (κ3) is 5.72. The molecule has 0 aliphatic rings. The molecule has 0 aromatic carbocycles. The molecule has 0 fully saturated rings. The standard InChI is InChI=1S/C12H19NOS/c1-3-4-7-14-11(2)9-13-10-12-6-5-8-15-12/h3-6,8,11,13H,7,9-10H2,1-2H3. The van der Waals surface area contributed by atoms with Crippen LogP contribution in [0.25, 0.3) is 0 Å². The van der Waals surface area contributed by atoms with Gasteiger partial charge in [-0.15, -0.1) is 11.3 Å². The number of thiophene rings is 1. The molecule has 0 amide bonds. The Bertz CT molecular complexity index is 269. The van der Waals surface area contributed by atoms with Crippen molar-refractivity contribution in [2.75, 3.05) is 13.2 Å². The third-order valence-electron chi connectivity index (χ3n) is 2.02. The molecular formula is C12H19NOS. The van der Waals surface area contributed by atoms with Crippen molar-refractivity contribution in [3.63, 3.8) is 0 Å². The van der Waals surface area contributed by atoms with Crippen molar-refractivity contribution in [3.8, 4) is 0 Å². The van der Waals surface area contributed by atoms with Gasteiger partial charge in [0.05, 0.1) is 12.7 Å². The third-order valence-corrected chi connectivity index (χ3v) is 2.90. The van der Waals surface area contributed by atoms with E-state index < -0.39 is 0 Å². The number of rotatable bonds is 7. The minimum Gasteiger partial charge on any atom is -0.373 e. The lowest BCUT2D eigenvalue weighted by molar-refractivity contribution is 0.0876. The van der Waals surface area contributed by atoms with Crippen LogP contribution in [-0.2, 0) is 11.3 Å². The molecule has 1 atom stereocenters. The van der Waals surface area contributed by atoms with Crippen molar-refractivity contribution in [1.29, 1.82) is 0 Å². The Balaban J connectivity index is 2.04. The SMILES string of the molecule is CC=CCOC(C)CNCc1cccs1. The van der Waals surface area contributed by atoms with Crippen LogP contribution in [0.4, 0.5) is 0 Å². The van der Waals surface area contributed by atoms with Crippen LogP contribution in [0.2, 0.25) is 0 Å². The van der Waals surface area contributed by atoms with Gasteiger partial charge >= 0.3 is 0 Å². The largest absolute Gasteiger partial charge is 0.373 e. The van der Waals surface area contributed by atoms with Gasteiger partial charge in [0.15, 0.2) is 0 Å². The van der Waals surface area contributed by atoms with Crippen LogP contribution in [0.15, 0.2) is 29.7 Å². The maximum absolute atomic E-state index is 5.56. The lowest BCUT2D eigenvalue weighted by atomic mass is 10.4. The fourth-order valence-electron chi connectivity index (χ4n) is 1.19. The maximum atomic E-state index is 5.56. The minimum atomic E-state index is 0.265. The summed E-state index contributed by atoms with van der Waals surface area (Å²) in [6, 6.07) is 4.22. The first-order valence-corrected chi connectivity index (χ1v) is 6.16. The fraction of sp³-hybridized carbons (Fsp3) is 0.500. The van der Waals surface area contributed by atoms with Crippen LogP contribution in [-0.4, -0.2) is 19.3 Å². The Kier molecular flexibility index (Phi) is 6.32. The van der Waals surface area contributed by atoms with Gasteiger partial charge in [-0.25, -0.2) is 0 Å². The normalized spacial score (nSPS) is 13.5. The Morgan fingerprint density at radius 1 is 1.60 bits per heavy atom. The summed E-state index contributed by atoms with van der Waals surface area (Å²) < 4.78 is 5.56. The summed E-state index contributed by atoms with van der Waals surface area (Å²) in [6.07, 6.45) is 4.29. The molecular weight excluding hydrogens is 206 g/mol.